The molecule has 1 aliphatic heterocycles. The summed E-state index contributed by atoms with van der Waals surface area (Å²) < 4.78 is 5.18. The summed E-state index contributed by atoms with van der Waals surface area (Å²) in [5.41, 5.74) is 1.20. The van der Waals surface area contributed by atoms with Crippen LogP contribution in [0.2, 0.25) is 5.02 Å². The molecular formula is C16H23ClN2O2. The minimum absolute atomic E-state index is 0.0501. The first-order chi connectivity index (χ1) is 10.1. The van der Waals surface area contributed by atoms with Crippen molar-refractivity contribution in [2.75, 3.05) is 26.7 Å². The van der Waals surface area contributed by atoms with Crippen LogP contribution in [0, 0.1) is 5.92 Å². The standard InChI is InChI=1S/C16H23ClN2O2/c1-12(20)18-9-14-4-3-7-19(11-14)10-13-5-6-16(21-2)15(17)8-13/h5-6,8,14H,3-4,7,9-11H2,1-2H3,(H,18,20)/t14-/m0/s1. The number of hydrogen-bond donors (Lipinski definition) is 1. The van der Waals surface area contributed by atoms with Gasteiger partial charge in [0.2, 0.25) is 5.91 Å². The molecule has 1 atom stereocenters. The van der Waals surface area contributed by atoms with Gasteiger partial charge in [-0.15, -0.1) is 0 Å². The second-order valence-corrected chi connectivity index (χ2v) is 6.06. The molecule has 0 aromatic heterocycles. The highest BCUT2D eigenvalue weighted by molar-refractivity contribution is 6.32. The molecule has 0 bridgehead atoms. The number of rotatable bonds is 5. The zero-order chi connectivity index (χ0) is 15.2. The van der Waals surface area contributed by atoms with Crippen molar-refractivity contribution >= 4 is 17.5 Å². The van der Waals surface area contributed by atoms with Gasteiger partial charge in [0.05, 0.1) is 12.1 Å². The summed E-state index contributed by atoms with van der Waals surface area (Å²) in [5, 5.41) is 3.58. The lowest BCUT2D eigenvalue weighted by atomic mass is 9.97. The maximum absolute atomic E-state index is 11.0. The third-order valence-electron chi connectivity index (χ3n) is 3.87. The maximum Gasteiger partial charge on any atom is 0.216 e. The number of amides is 1. The summed E-state index contributed by atoms with van der Waals surface area (Å²) in [4.78, 5) is 13.4. The lowest BCUT2D eigenvalue weighted by Crippen LogP contribution is -2.40. The van der Waals surface area contributed by atoms with Gasteiger partial charge in [0.25, 0.3) is 0 Å². The number of ether oxygens (including phenoxy) is 1. The van der Waals surface area contributed by atoms with Crippen molar-refractivity contribution < 1.29 is 9.53 Å². The van der Waals surface area contributed by atoms with Gasteiger partial charge in [-0.1, -0.05) is 17.7 Å². The highest BCUT2D eigenvalue weighted by Gasteiger charge is 2.20. The number of nitrogens with zero attached hydrogens (tertiary/aromatic N) is 1. The Kier molecular flexibility index (Phi) is 5.88. The van der Waals surface area contributed by atoms with E-state index in [0.717, 1.165) is 26.2 Å². The zero-order valence-corrected chi connectivity index (χ0v) is 13.4. The van der Waals surface area contributed by atoms with Crippen LogP contribution >= 0.6 is 11.6 Å². The number of piperidine rings is 1. The lowest BCUT2D eigenvalue weighted by molar-refractivity contribution is -0.119. The monoisotopic (exact) mass is 310 g/mol. The minimum atomic E-state index is 0.0501. The number of carbonyl (C=O) groups excluding carboxylic acids is 1. The van der Waals surface area contributed by atoms with Gasteiger partial charge in [0.1, 0.15) is 5.75 Å². The quantitative estimate of drug-likeness (QED) is 0.909. The number of likely N-dealkylation sites (tertiary alicyclic amines) is 1. The van der Waals surface area contributed by atoms with E-state index in [-0.39, 0.29) is 5.91 Å². The van der Waals surface area contributed by atoms with E-state index in [9.17, 15) is 4.79 Å². The van der Waals surface area contributed by atoms with Crippen molar-refractivity contribution in [3.8, 4) is 5.75 Å². The molecule has 0 aliphatic carbocycles. The lowest BCUT2D eigenvalue weighted by Gasteiger charge is -2.32. The van der Waals surface area contributed by atoms with Crippen LogP contribution in [-0.2, 0) is 11.3 Å². The Hall–Kier alpha value is -1.26. The Morgan fingerprint density at radius 3 is 3.00 bits per heavy atom. The van der Waals surface area contributed by atoms with Crippen molar-refractivity contribution in [2.24, 2.45) is 5.92 Å². The maximum atomic E-state index is 11.0. The normalized spacial score (nSPS) is 19.3. The predicted molar refractivity (Wildman–Crippen MR) is 84.7 cm³/mol. The Bertz CT molecular complexity index is 493. The number of benzene rings is 1. The molecule has 1 aliphatic rings. The van der Waals surface area contributed by atoms with Crippen LogP contribution in [0.1, 0.15) is 25.3 Å². The van der Waals surface area contributed by atoms with E-state index in [1.54, 1.807) is 14.0 Å². The van der Waals surface area contributed by atoms with Crippen molar-refractivity contribution in [2.45, 2.75) is 26.3 Å². The molecule has 0 unspecified atom stereocenters. The largest absolute Gasteiger partial charge is 0.495 e. The molecule has 1 saturated heterocycles. The van der Waals surface area contributed by atoms with Gasteiger partial charge in [-0.3, -0.25) is 9.69 Å². The van der Waals surface area contributed by atoms with Crippen molar-refractivity contribution in [1.29, 1.82) is 0 Å². The Balaban J connectivity index is 1.90. The fourth-order valence-electron chi connectivity index (χ4n) is 2.82. The van der Waals surface area contributed by atoms with E-state index in [2.05, 4.69) is 16.3 Å². The second-order valence-electron chi connectivity index (χ2n) is 5.65. The molecule has 21 heavy (non-hydrogen) atoms. The Morgan fingerprint density at radius 1 is 1.52 bits per heavy atom. The third-order valence-corrected chi connectivity index (χ3v) is 4.16. The van der Waals surface area contributed by atoms with Crippen LogP contribution in [0.25, 0.3) is 0 Å². The first-order valence-electron chi connectivity index (χ1n) is 7.37. The van der Waals surface area contributed by atoms with Gasteiger partial charge in [-0.25, -0.2) is 0 Å². The van der Waals surface area contributed by atoms with E-state index in [1.807, 2.05) is 12.1 Å². The van der Waals surface area contributed by atoms with Gasteiger partial charge >= 0.3 is 0 Å². The van der Waals surface area contributed by atoms with Gasteiger partial charge in [-0.05, 0) is 43.0 Å². The zero-order valence-electron chi connectivity index (χ0n) is 12.7. The highest BCUT2D eigenvalue weighted by Crippen LogP contribution is 2.26. The van der Waals surface area contributed by atoms with E-state index >= 15 is 0 Å². The Morgan fingerprint density at radius 2 is 2.33 bits per heavy atom. The molecule has 0 saturated carbocycles. The molecule has 1 aromatic rings. The molecule has 0 spiro atoms. The summed E-state index contributed by atoms with van der Waals surface area (Å²) in [5.74, 6) is 1.30. The molecule has 1 amide bonds. The average Bonchev–Trinajstić information content (AvgIpc) is 2.46. The number of carbonyl (C=O) groups is 1. The van der Waals surface area contributed by atoms with Gasteiger partial charge in [-0.2, -0.15) is 0 Å². The molecule has 0 radical (unpaired) electrons. The Labute approximate surface area is 131 Å². The molecule has 5 heteroatoms. The number of halogens is 1. The summed E-state index contributed by atoms with van der Waals surface area (Å²) >= 11 is 6.17. The number of nitrogens with one attached hydrogen (secondary N) is 1. The number of methoxy groups -OCH3 is 1. The van der Waals surface area contributed by atoms with Gasteiger partial charge in [0, 0.05) is 26.6 Å². The summed E-state index contributed by atoms with van der Waals surface area (Å²) in [7, 11) is 1.62. The van der Waals surface area contributed by atoms with Gasteiger partial charge in [0.15, 0.2) is 0 Å². The van der Waals surface area contributed by atoms with E-state index in [1.165, 1.54) is 18.4 Å². The molecule has 116 valence electrons. The fourth-order valence-corrected chi connectivity index (χ4v) is 3.10. The predicted octanol–water partition coefficient (Wildman–Crippen LogP) is 2.70. The SMILES string of the molecule is COc1ccc(CN2CCC[C@@H](CNC(C)=O)C2)cc1Cl. The van der Waals surface area contributed by atoms with Gasteiger partial charge < -0.3 is 10.1 Å². The smallest absolute Gasteiger partial charge is 0.216 e. The van der Waals surface area contributed by atoms with Crippen LogP contribution < -0.4 is 10.1 Å². The van der Waals surface area contributed by atoms with Crippen LogP contribution in [0.4, 0.5) is 0 Å². The second kappa shape index (κ2) is 7.66. The van der Waals surface area contributed by atoms with E-state index < -0.39 is 0 Å². The van der Waals surface area contributed by atoms with Crippen LogP contribution in [-0.4, -0.2) is 37.6 Å². The number of hydrogen-bond acceptors (Lipinski definition) is 3. The van der Waals surface area contributed by atoms with Crippen LogP contribution in [0.15, 0.2) is 18.2 Å². The molecule has 1 heterocycles. The first kappa shape index (κ1) is 16.1. The van der Waals surface area contributed by atoms with Crippen molar-refractivity contribution in [3.63, 3.8) is 0 Å². The minimum Gasteiger partial charge on any atom is -0.495 e. The average molecular weight is 311 g/mol. The molecule has 2 rings (SSSR count). The van der Waals surface area contributed by atoms with E-state index in [4.69, 9.17) is 16.3 Å². The summed E-state index contributed by atoms with van der Waals surface area (Å²) in [6, 6.07) is 5.94. The molecule has 1 fully saturated rings. The highest BCUT2D eigenvalue weighted by atomic mass is 35.5. The molecule has 4 nitrogen and oxygen atoms in total. The van der Waals surface area contributed by atoms with Crippen molar-refractivity contribution in [1.82, 2.24) is 10.2 Å². The molecule has 1 N–H and O–H groups in total. The van der Waals surface area contributed by atoms with Crippen molar-refractivity contribution in [3.05, 3.63) is 28.8 Å². The third kappa shape index (κ3) is 4.90. The molecular weight excluding hydrogens is 288 g/mol. The summed E-state index contributed by atoms with van der Waals surface area (Å²) in [6.07, 6.45) is 2.36. The molecule has 1 aromatic carbocycles. The van der Waals surface area contributed by atoms with Crippen LogP contribution in [0.3, 0.4) is 0 Å². The fraction of sp³-hybridized carbons (Fsp3) is 0.562. The summed E-state index contributed by atoms with van der Waals surface area (Å²) in [6.45, 7) is 5.35. The first-order valence-corrected chi connectivity index (χ1v) is 7.75. The van der Waals surface area contributed by atoms with Crippen LogP contribution in [0.5, 0.6) is 5.75 Å². The van der Waals surface area contributed by atoms with E-state index in [0.29, 0.717) is 16.7 Å². The topological polar surface area (TPSA) is 41.6 Å².